The highest BCUT2D eigenvalue weighted by Gasteiger charge is 2.23. The van der Waals surface area contributed by atoms with Crippen molar-refractivity contribution in [1.82, 2.24) is 10.6 Å². The maximum Gasteiger partial charge on any atom is 0.261 e. The number of rotatable bonds is 6. The van der Waals surface area contributed by atoms with Gasteiger partial charge in [-0.25, -0.2) is 0 Å². The molecule has 1 aliphatic heterocycles. The van der Waals surface area contributed by atoms with Crippen LogP contribution in [0.2, 0.25) is 0 Å². The lowest BCUT2D eigenvalue weighted by Crippen LogP contribution is -2.36. The summed E-state index contributed by atoms with van der Waals surface area (Å²) in [5.74, 6) is 1.30. The summed E-state index contributed by atoms with van der Waals surface area (Å²) in [6.45, 7) is 4.01. The van der Waals surface area contributed by atoms with Gasteiger partial charge in [-0.3, -0.25) is 4.79 Å². The molecule has 1 saturated heterocycles. The Hall–Kier alpha value is -1.75. The van der Waals surface area contributed by atoms with Gasteiger partial charge in [0.1, 0.15) is 0 Å². The van der Waals surface area contributed by atoms with Crippen LogP contribution in [0.1, 0.15) is 31.7 Å². The summed E-state index contributed by atoms with van der Waals surface area (Å²) in [7, 11) is 1.90. The first-order valence-electron chi connectivity index (χ1n) is 7.59. The van der Waals surface area contributed by atoms with Crippen molar-refractivity contribution in [3.05, 3.63) is 23.8 Å². The zero-order chi connectivity index (χ0) is 15.1. The van der Waals surface area contributed by atoms with E-state index in [-0.39, 0.29) is 5.91 Å². The lowest BCUT2D eigenvalue weighted by molar-refractivity contribution is -0.127. The first-order chi connectivity index (χ1) is 10.2. The van der Waals surface area contributed by atoms with Gasteiger partial charge >= 0.3 is 0 Å². The Balaban J connectivity index is 2.15. The van der Waals surface area contributed by atoms with Gasteiger partial charge < -0.3 is 20.1 Å². The van der Waals surface area contributed by atoms with Crippen LogP contribution in [0.3, 0.4) is 0 Å². The van der Waals surface area contributed by atoms with E-state index in [1.807, 2.05) is 32.2 Å². The second kappa shape index (κ2) is 7.88. The van der Waals surface area contributed by atoms with Gasteiger partial charge in [-0.1, -0.05) is 6.07 Å². The van der Waals surface area contributed by atoms with Gasteiger partial charge in [-0.05, 0) is 50.9 Å². The molecule has 1 fully saturated rings. The number of benzene rings is 1. The molecule has 1 atom stereocenters. The molecule has 1 amide bonds. The molecular formula is C16H24N2O3. The molecule has 116 valence electrons. The van der Waals surface area contributed by atoms with E-state index in [1.54, 1.807) is 0 Å². The van der Waals surface area contributed by atoms with Crippen molar-refractivity contribution in [2.75, 3.05) is 20.2 Å². The van der Waals surface area contributed by atoms with Crippen molar-refractivity contribution in [3.8, 4) is 11.5 Å². The quantitative estimate of drug-likeness (QED) is 0.840. The van der Waals surface area contributed by atoms with Crippen molar-refractivity contribution >= 4 is 5.91 Å². The first kappa shape index (κ1) is 15.6. The van der Waals surface area contributed by atoms with Crippen LogP contribution in [0.5, 0.6) is 11.5 Å². The second-order valence-electron chi connectivity index (χ2n) is 5.14. The van der Waals surface area contributed by atoms with E-state index in [9.17, 15) is 4.79 Å². The van der Waals surface area contributed by atoms with E-state index < -0.39 is 6.10 Å². The van der Waals surface area contributed by atoms with E-state index in [0.29, 0.717) is 18.1 Å². The van der Waals surface area contributed by atoms with Crippen LogP contribution in [0.4, 0.5) is 0 Å². The summed E-state index contributed by atoms with van der Waals surface area (Å²) >= 11 is 0. The molecule has 2 N–H and O–H groups in total. The molecule has 21 heavy (non-hydrogen) atoms. The van der Waals surface area contributed by atoms with Crippen LogP contribution in [-0.4, -0.2) is 32.2 Å². The van der Waals surface area contributed by atoms with E-state index >= 15 is 0 Å². The van der Waals surface area contributed by atoms with Crippen LogP contribution in [0.15, 0.2) is 18.2 Å². The van der Waals surface area contributed by atoms with Gasteiger partial charge in [0.25, 0.3) is 5.91 Å². The minimum atomic E-state index is -0.429. The standard InChI is InChI=1S/C16H24N2O3/c1-3-20-15-10-12(11-17-2)7-8-13(15)21-14-6-4-5-9-18-16(14)19/h7-8,10,14,17H,3-6,9,11H2,1-2H3,(H,18,19). The topological polar surface area (TPSA) is 59.6 Å². The number of carbonyl (C=O) groups excluding carboxylic acids is 1. The Kier molecular flexibility index (Phi) is 5.87. The molecule has 1 unspecified atom stereocenters. The fourth-order valence-electron chi connectivity index (χ4n) is 2.41. The Morgan fingerprint density at radius 2 is 2.19 bits per heavy atom. The van der Waals surface area contributed by atoms with Crippen molar-refractivity contribution in [1.29, 1.82) is 0 Å². The summed E-state index contributed by atoms with van der Waals surface area (Å²) in [6, 6.07) is 5.84. The smallest absolute Gasteiger partial charge is 0.261 e. The second-order valence-corrected chi connectivity index (χ2v) is 5.14. The molecular weight excluding hydrogens is 268 g/mol. The molecule has 5 nitrogen and oxygen atoms in total. The van der Waals surface area contributed by atoms with Crippen LogP contribution in [0, 0.1) is 0 Å². The molecule has 1 heterocycles. The maximum absolute atomic E-state index is 12.0. The fraction of sp³-hybridized carbons (Fsp3) is 0.562. The third-order valence-corrected chi connectivity index (χ3v) is 3.44. The molecule has 0 radical (unpaired) electrons. The van der Waals surface area contributed by atoms with Crippen LogP contribution >= 0.6 is 0 Å². The minimum absolute atomic E-state index is 0.0331. The van der Waals surface area contributed by atoms with E-state index in [0.717, 1.165) is 37.9 Å². The van der Waals surface area contributed by atoms with E-state index in [1.165, 1.54) is 0 Å². The van der Waals surface area contributed by atoms with Crippen molar-refractivity contribution in [3.63, 3.8) is 0 Å². The molecule has 0 spiro atoms. The van der Waals surface area contributed by atoms with Gasteiger partial charge in [0.05, 0.1) is 6.61 Å². The number of ether oxygens (including phenoxy) is 2. The monoisotopic (exact) mass is 292 g/mol. The lowest BCUT2D eigenvalue weighted by atomic mass is 10.1. The largest absolute Gasteiger partial charge is 0.490 e. The zero-order valence-electron chi connectivity index (χ0n) is 12.8. The summed E-state index contributed by atoms with van der Waals surface area (Å²) < 4.78 is 11.6. The van der Waals surface area contributed by atoms with Crippen molar-refractivity contribution < 1.29 is 14.3 Å². The molecule has 0 bridgehead atoms. The number of hydrogen-bond donors (Lipinski definition) is 2. The number of carbonyl (C=O) groups is 1. The third kappa shape index (κ3) is 4.36. The molecule has 1 aromatic carbocycles. The van der Waals surface area contributed by atoms with Gasteiger partial charge in [0.15, 0.2) is 17.6 Å². The Bertz CT molecular complexity index is 477. The lowest BCUT2D eigenvalue weighted by Gasteiger charge is -2.19. The molecule has 0 aliphatic carbocycles. The van der Waals surface area contributed by atoms with E-state index in [4.69, 9.17) is 9.47 Å². The number of nitrogens with one attached hydrogen (secondary N) is 2. The minimum Gasteiger partial charge on any atom is -0.490 e. The fourth-order valence-corrected chi connectivity index (χ4v) is 2.41. The van der Waals surface area contributed by atoms with Gasteiger partial charge in [-0.2, -0.15) is 0 Å². The summed E-state index contributed by atoms with van der Waals surface area (Å²) in [6.07, 6.45) is 2.31. The average Bonchev–Trinajstić information content (AvgIpc) is 2.67. The van der Waals surface area contributed by atoms with Crippen molar-refractivity contribution in [2.24, 2.45) is 0 Å². The normalized spacial score (nSPS) is 18.8. The maximum atomic E-state index is 12.0. The van der Waals surface area contributed by atoms with Crippen molar-refractivity contribution in [2.45, 2.75) is 38.8 Å². The summed E-state index contributed by atoms with van der Waals surface area (Å²) in [5.41, 5.74) is 1.12. The highest BCUT2D eigenvalue weighted by molar-refractivity contribution is 5.81. The first-order valence-corrected chi connectivity index (χ1v) is 7.59. The number of hydrogen-bond acceptors (Lipinski definition) is 4. The average molecular weight is 292 g/mol. The Morgan fingerprint density at radius 3 is 2.95 bits per heavy atom. The SMILES string of the molecule is CCOc1cc(CNC)ccc1OC1CCCCNC1=O. The van der Waals surface area contributed by atoms with Gasteiger partial charge in [0.2, 0.25) is 0 Å². The molecule has 0 saturated carbocycles. The third-order valence-electron chi connectivity index (χ3n) is 3.44. The zero-order valence-corrected chi connectivity index (χ0v) is 12.8. The van der Waals surface area contributed by atoms with Crippen LogP contribution < -0.4 is 20.1 Å². The van der Waals surface area contributed by atoms with Gasteiger partial charge in [-0.15, -0.1) is 0 Å². The molecule has 5 heteroatoms. The highest BCUT2D eigenvalue weighted by Crippen LogP contribution is 2.30. The van der Waals surface area contributed by atoms with Crippen LogP contribution in [-0.2, 0) is 11.3 Å². The predicted octanol–water partition coefficient (Wildman–Crippen LogP) is 1.85. The molecule has 1 aliphatic rings. The van der Waals surface area contributed by atoms with E-state index in [2.05, 4.69) is 10.6 Å². The highest BCUT2D eigenvalue weighted by atomic mass is 16.5. The summed E-state index contributed by atoms with van der Waals surface area (Å²) in [4.78, 5) is 12.0. The molecule has 0 aromatic heterocycles. The summed E-state index contributed by atoms with van der Waals surface area (Å²) in [5, 5.41) is 5.99. The molecule has 1 aromatic rings. The van der Waals surface area contributed by atoms with Gasteiger partial charge in [0, 0.05) is 13.1 Å². The van der Waals surface area contributed by atoms with Crippen LogP contribution in [0.25, 0.3) is 0 Å². The Labute approximate surface area is 126 Å². The molecule has 2 rings (SSSR count). The predicted molar refractivity (Wildman–Crippen MR) is 81.7 cm³/mol. The Morgan fingerprint density at radius 1 is 1.33 bits per heavy atom. The number of amides is 1.